The number of rotatable bonds is 6. The third-order valence-corrected chi connectivity index (χ3v) is 3.88. The first-order valence-corrected chi connectivity index (χ1v) is 7.86. The van der Waals surface area contributed by atoms with Crippen LogP contribution in [0.25, 0.3) is 0 Å². The Balaban J connectivity index is 1.74. The van der Waals surface area contributed by atoms with E-state index in [0.29, 0.717) is 22.6 Å². The highest BCUT2D eigenvalue weighted by molar-refractivity contribution is 5.72. The lowest BCUT2D eigenvalue weighted by Gasteiger charge is -2.20. The molecule has 0 spiro atoms. The van der Waals surface area contributed by atoms with Gasteiger partial charge in [-0.1, -0.05) is 12.1 Å². The fraction of sp³-hybridized carbons (Fsp3) is 0.278. The van der Waals surface area contributed by atoms with Crippen molar-refractivity contribution in [3.63, 3.8) is 0 Å². The van der Waals surface area contributed by atoms with Gasteiger partial charge < -0.3 is 18.9 Å². The molecule has 2 aromatic carbocycles. The number of carbonyl (C=O) groups excluding carboxylic acids is 1. The number of nitrogens with zero attached hydrogens (tertiary/aromatic N) is 1. The van der Waals surface area contributed by atoms with Gasteiger partial charge in [0.2, 0.25) is 0 Å². The maximum Gasteiger partial charge on any atom is 0.309 e. The molecule has 8 heteroatoms. The summed E-state index contributed by atoms with van der Waals surface area (Å²) in [6.07, 6.45) is 0.184. The Morgan fingerprint density at radius 1 is 1.27 bits per heavy atom. The molecule has 2 aromatic rings. The number of benzene rings is 2. The van der Waals surface area contributed by atoms with Crippen molar-refractivity contribution in [2.75, 3.05) is 13.9 Å². The molecule has 0 amide bonds. The predicted molar refractivity (Wildman–Crippen MR) is 89.9 cm³/mol. The van der Waals surface area contributed by atoms with E-state index in [-0.39, 0.29) is 38.1 Å². The second kappa shape index (κ2) is 7.83. The largest absolute Gasteiger partial charge is 0.489 e. The van der Waals surface area contributed by atoms with E-state index >= 15 is 0 Å². The highest BCUT2D eigenvalue weighted by atomic mass is 16.7. The number of carbonyl (C=O) groups is 1. The number of ether oxygens (including phenoxy) is 4. The minimum absolute atomic E-state index is 0.0372. The topological polar surface area (TPSA) is 97.1 Å². The van der Waals surface area contributed by atoms with Crippen molar-refractivity contribution in [2.45, 2.75) is 19.6 Å². The van der Waals surface area contributed by atoms with Crippen LogP contribution in [0.2, 0.25) is 0 Å². The van der Waals surface area contributed by atoms with Crippen LogP contribution in [0.15, 0.2) is 36.4 Å². The highest BCUT2D eigenvalue weighted by Crippen LogP contribution is 2.33. The van der Waals surface area contributed by atoms with Crippen molar-refractivity contribution in [1.29, 1.82) is 0 Å². The first-order chi connectivity index (χ1) is 12.6. The van der Waals surface area contributed by atoms with E-state index in [9.17, 15) is 14.9 Å². The van der Waals surface area contributed by atoms with Gasteiger partial charge in [-0.05, 0) is 17.7 Å². The zero-order valence-corrected chi connectivity index (χ0v) is 14.1. The van der Waals surface area contributed by atoms with Crippen LogP contribution < -0.4 is 9.47 Å². The lowest BCUT2D eigenvalue weighted by atomic mass is 10.1. The summed E-state index contributed by atoms with van der Waals surface area (Å²) in [5.41, 5.74) is 1.97. The summed E-state index contributed by atoms with van der Waals surface area (Å²) in [5, 5.41) is 11.1. The average molecular weight is 359 g/mol. The molecule has 3 rings (SSSR count). The van der Waals surface area contributed by atoms with Gasteiger partial charge in [-0.25, -0.2) is 0 Å². The van der Waals surface area contributed by atoms with Crippen molar-refractivity contribution in [2.24, 2.45) is 0 Å². The zero-order valence-electron chi connectivity index (χ0n) is 14.1. The molecule has 1 heterocycles. The van der Waals surface area contributed by atoms with Crippen LogP contribution in [0, 0.1) is 10.1 Å². The van der Waals surface area contributed by atoms with Gasteiger partial charge in [0, 0.05) is 23.3 Å². The highest BCUT2D eigenvalue weighted by Gasteiger charge is 2.21. The summed E-state index contributed by atoms with van der Waals surface area (Å²) < 4.78 is 21.0. The maximum atomic E-state index is 11.3. The third kappa shape index (κ3) is 4.09. The quantitative estimate of drug-likeness (QED) is 0.444. The third-order valence-electron chi connectivity index (χ3n) is 3.88. The molecule has 136 valence electrons. The Morgan fingerprint density at radius 2 is 2.04 bits per heavy atom. The van der Waals surface area contributed by atoms with Crippen molar-refractivity contribution >= 4 is 11.7 Å². The Bertz CT molecular complexity index is 817. The molecule has 0 N–H and O–H groups in total. The summed E-state index contributed by atoms with van der Waals surface area (Å²) in [5.74, 6) is 0.816. The van der Waals surface area contributed by atoms with Crippen molar-refractivity contribution in [3.05, 3.63) is 63.2 Å². The fourth-order valence-corrected chi connectivity index (χ4v) is 2.60. The second-order valence-corrected chi connectivity index (χ2v) is 5.65. The summed E-state index contributed by atoms with van der Waals surface area (Å²) >= 11 is 0. The Kier molecular flexibility index (Phi) is 5.33. The molecule has 0 atom stereocenters. The zero-order chi connectivity index (χ0) is 18.5. The number of nitro benzene ring substituents is 1. The lowest BCUT2D eigenvalue weighted by Crippen LogP contribution is -2.14. The molecule has 0 saturated heterocycles. The molecular weight excluding hydrogens is 342 g/mol. The van der Waals surface area contributed by atoms with Crippen molar-refractivity contribution in [1.82, 2.24) is 0 Å². The SMILES string of the molecule is COC(=O)Cc1ccc(OCc2cc([N+](=O)[O-])cc3c2OCOC3)cc1. The summed E-state index contributed by atoms with van der Waals surface area (Å²) in [4.78, 5) is 21.9. The predicted octanol–water partition coefficient (Wildman–Crippen LogP) is 2.76. The fourth-order valence-electron chi connectivity index (χ4n) is 2.60. The summed E-state index contributed by atoms with van der Waals surface area (Å²) in [7, 11) is 1.34. The van der Waals surface area contributed by atoms with Gasteiger partial charge in [0.05, 0.1) is 25.1 Å². The van der Waals surface area contributed by atoms with Gasteiger partial charge in [-0.15, -0.1) is 0 Å². The summed E-state index contributed by atoms with van der Waals surface area (Å²) in [6, 6.07) is 9.87. The van der Waals surface area contributed by atoms with Gasteiger partial charge in [0.1, 0.15) is 18.1 Å². The van der Waals surface area contributed by atoms with E-state index in [2.05, 4.69) is 4.74 Å². The Hall–Kier alpha value is -3.13. The monoisotopic (exact) mass is 359 g/mol. The van der Waals surface area contributed by atoms with Crippen LogP contribution in [0.1, 0.15) is 16.7 Å². The van der Waals surface area contributed by atoms with Gasteiger partial charge in [0.25, 0.3) is 5.69 Å². The van der Waals surface area contributed by atoms with Gasteiger partial charge in [-0.3, -0.25) is 14.9 Å². The minimum atomic E-state index is -0.458. The molecule has 0 unspecified atom stereocenters. The molecule has 0 radical (unpaired) electrons. The molecule has 8 nitrogen and oxygen atoms in total. The second-order valence-electron chi connectivity index (χ2n) is 5.65. The number of nitro groups is 1. The number of non-ortho nitro benzene ring substituents is 1. The molecule has 1 aliphatic heterocycles. The van der Waals surface area contributed by atoms with E-state index in [4.69, 9.17) is 14.2 Å². The van der Waals surface area contributed by atoms with Gasteiger partial charge in [-0.2, -0.15) is 0 Å². The smallest absolute Gasteiger partial charge is 0.309 e. The number of hydrogen-bond acceptors (Lipinski definition) is 7. The van der Waals surface area contributed by atoms with Crippen molar-refractivity contribution in [3.8, 4) is 11.5 Å². The molecule has 0 aromatic heterocycles. The lowest BCUT2D eigenvalue weighted by molar-refractivity contribution is -0.385. The van der Waals surface area contributed by atoms with E-state index in [1.54, 1.807) is 24.3 Å². The van der Waals surface area contributed by atoms with Crippen LogP contribution in [0.4, 0.5) is 5.69 Å². The van der Waals surface area contributed by atoms with E-state index in [1.807, 2.05) is 0 Å². The van der Waals surface area contributed by atoms with Crippen LogP contribution in [0.3, 0.4) is 0 Å². The van der Waals surface area contributed by atoms with Crippen LogP contribution in [-0.2, 0) is 33.9 Å². The number of hydrogen-bond donors (Lipinski definition) is 0. The first kappa shape index (κ1) is 17.7. The van der Waals surface area contributed by atoms with Crippen LogP contribution >= 0.6 is 0 Å². The maximum absolute atomic E-state index is 11.3. The molecule has 1 aliphatic rings. The molecule has 0 aliphatic carbocycles. The molecular formula is C18H17NO7. The van der Waals surface area contributed by atoms with E-state index in [0.717, 1.165) is 5.56 Å². The average Bonchev–Trinajstić information content (AvgIpc) is 2.66. The number of fused-ring (bicyclic) bond motifs is 1. The number of methoxy groups -OCH3 is 1. The summed E-state index contributed by atoms with van der Waals surface area (Å²) in [6.45, 7) is 0.465. The Morgan fingerprint density at radius 3 is 2.73 bits per heavy atom. The van der Waals surface area contributed by atoms with Crippen molar-refractivity contribution < 1.29 is 28.7 Å². The normalized spacial score (nSPS) is 12.7. The van der Waals surface area contributed by atoms with E-state index < -0.39 is 4.92 Å². The standard InChI is InChI=1S/C18H17NO7/c1-23-17(20)6-12-2-4-16(5-3-12)25-10-14-8-15(19(21)22)7-13-9-24-11-26-18(13)14/h2-5,7-8H,6,9-11H2,1H3. The molecule has 0 bridgehead atoms. The van der Waals surface area contributed by atoms with E-state index in [1.165, 1.54) is 19.2 Å². The number of esters is 1. The van der Waals surface area contributed by atoms with Crippen LogP contribution in [-0.4, -0.2) is 24.8 Å². The first-order valence-electron chi connectivity index (χ1n) is 7.86. The Labute approximate surface area is 149 Å². The molecule has 26 heavy (non-hydrogen) atoms. The van der Waals surface area contributed by atoms with Gasteiger partial charge >= 0.3 is 5.97 Å². The van der Waals surface area contributed by atoms with Gasteiger partial charge in [0.15, 0.2) is 6.79 Å². The molecule has 0 saturated carbocycles. The molecule has 0 fully saturated rings. The van der Waals surface area contributed by atoms with Crippen LogP contribution in [0.5, 0.6) is 11.5 Å². The minimum Gasteiger partial charge on any atom is -0.489 e.